The van der Waals surface area contributed by atoms with Gasteiger partial charge in [0, 0.05) is 12.6 Å². The summed E-state index contributed by atoms with van der Waals surface area (Å²) >= 11 is 2.04. The summed E-state index contributed by atoms with van der Waals surface area (Å²) in [5.74, 6) is 2.59. The van der Waals surface area contributed by atoms with Crippen molar-refractivity contribution in [3.63, 3.8) is 0 Å². The second-order valence-electron chi connectivity index (χ2n) is 2.95. The number of aliphatic hydroxyl groups is 1. The Bertz CT molecular complexity index is 132. The minimum atomic E-state index is 0.155. The van der Waals surface area contributed by atoms with Crippen LogP contribution in [0.5, 0.6) is 0 Å². The Morgan fingerprint density at radius 1 is 1.33 bits per heavy atom. The summed E-state index contributed by atoms with van der Waals surface area (Å²) in [4.78, 5) is 0. The van der Waals surface area contributed by atoms with Gasteiger partial charge in [-0.05, 0) is 24.3 Å². The van der Waals surface area contributed by atoms with Crippen molar-refractivity contribution in [2.75, 3.05) is 24.7 Å². The zero-order chi connectivity index (χ0) is 8.65. The number of rotatable bonds is 4. The van der Waals surface area contributed by atoms with Gasteiger partial charge >= 0.3 is 0 Å². The Morgan fingerprint density at radius 3 is 2.75 bits per heavy atom. The molecule has 0 bridgehead atoms. The zero-order valence-corrected chi connectivity index (χ0v) is 8.15. The monoisotopic (exact) mass is 187 g/mol. The molecule has 1 heterocycles. The first-order chi connectivity index (χ1) is 5.93. The van der Waals surface area contributed by atoms with E-state index in [2.05, 4.69) is 5.32 Å². The Kier molecular flexibility index (Phi) is 5.48. The summed E-state index contributed by atoms with van der Waals surface area (Å²) in [7, 11) is 0. The molecule has 1 saturated heterocycles. The molecular weight excluding hydrogens is 170 g/mol. The molecule has 0 spiro atoms. The maximum Gasteiger partial charge on any atom is 0.0612 e. The van der Waals surface area contributed by atoms with E-state index in [9.17, 15) is 0 Å². The summed E-state index contributed by atoms with van der Waals surface area (Å²) in [6.45, 7) is 1.05. The van der Waals surface area contributed by atoms with Gasteiger partial charge in [-0.25, -0.2) is 0 Å². The molecule has 2 N–H and O–H groups in total. The second-order valence-corrected chi connectivity index (χ2v) is 4.17. The van der Waals surface area contributed by atoms with Crippen molar-refractivity contribution in [1.29, 1.82) is 0 Å². The minimum Gasteiger partial charge on any atom is -0.392 e. The average molecular weight is 187 g/mol. The van der Waals surface area contributed by atoms with E-state index >= 15 is 0 Å². The molecule has 0 aromatic carbocycles. The first-order valence-corrected chi connectivity index (χ1v) is 5.66. The second kappa shape index (κ2) is 6.52. The van der Waals surface area contributed by atoms with E-state index < -0.39 is 0 Å². The molecule has 1 fully saturated rings. The molecule has 0 radical (unpaired) electrons. The van der Waals surface area contributed by atoms with Gasteiger partial charge in [0.15, 0.2) is 0 Å². The predicted molar refractivity (Wildman–Crippen MR) is 54.6 cm³/mol. The highest BCUT2D eigenvalue weighted by atomic mass is 32.2. The molecular formula is C9H17NOS. The van der Waals surface area contributed by atoms with Gasteiger partial charge in [-0.15, -0.1) is 0 Å². The number of aliphatic hydroxyl groups excluding tert-OH is 1. The van der Waals surface area contributed by atoms with Crippen molar-refractivity contribution in [3.8, 4) is 0 Å². The smallest absolute Gasteiger partial charge is 0.0612 e. The molecule has 0 aliphatic carbocycles. The zero-order valence-electron chi connectivity index (χ0n) is 7.33. The molecule has 0 amide bonds. The maximum absolute atomic E-state index is 8.49. The molecule has 1 aliphatic heterocycles. The minimum absolute atomic E-state index is 0.155. The highest BCUT2D eigenvalue weighted by Gasteiger charge is 2.11. The lowest BCUT2D eigenvalue weighted by Crippen LogP contribution is -2.32. The summed E-state index contributed by atoms with van der Waals surface area (Å²) in [5, 5.41) is 11.9. The highest BCUT2D eigenvalue weighted by molar-refractivity contribution is 7.99. The third-order valence-electron chi connectivity index (χ3n) is 2.02. The van der Waals surface area contributed by atoms with Gasteiger partial charge < -0.3 is 10.4 Å². The van der Waals surface area contributed by atoms with E-state index in [0.717, 1.165) is 6.54 Å². The molecule has 0 unspecified atom stereocenters. The molecule has 0 aromatic rings. The van der Waals surface area contributed by atoms with Crippen molar-refractivity contribution in [3.05, 3.63) is 12.2 Å². The number of thioether (sulfide) groups is 1. The lowest BCUT2D eigenvalue weighted by molar-refractivity contribution is 0.342. The van der Waals surface area contributed by atoms with Gasteiger partial charge in [0.2, 0.25) is 0 Å². The van der Waals surface area contributed by atoms with Gasteiger partial charge in [0.1, 0.15) is 0 Å². The molecule has 12 heavy (non-hydrogen) atoms. The van der Waals surface area contributed by atoms with E-state index in [0.29, 0.717) is 6.04 Å². The van der Waals surface area contributed by atoms with Crippen LogP contribution >= 0.6 is 11.8 Å². The predicted octanol–water partition coefficient (Wildman–Crippen LogP) is 1.02. The molecule has 1 aliphatic rings. The molecule has 3 heteroatoms. The van der Waals surface area contributed by atoms with Crippen LogP contribution in [0.3, 0.4) is 0 Å². The van der Waals surface area contributed by atoms with E-state index in [1.807, 2.05) is 17.8 Å². The van der Waals surface area contributed by atoms with E-state index in [1.165, 1.54) is 24.3 Å². The van der Waals surface area contributed by atoms with Crippen LogP contribution in [-0.4, -0.2) is 35.8 Å². The normalized spacial score (nSPS) is 20.4. The summed E-state index contributed by atoms with van der Waals surface area (Å²) in [6, 6.07) is 0.703. The van der Waals surface area contributed by atoms with Crippen LogP contribution in [-0.2, 0) is 0 Å². The van der Waals surface area contributed by atoms with Gasteiger partial charge in [-0.2, -0.15) is 11.8 Å². The highest BCUT2D eigenvalue weighted by Crippen LogP contribution is 2.16. The Morgan fingerprint density at radius 2 is 2.08 bits per heavy atom. The van der Waals surface area contributed by atoms with Crippen LogP contribution in [0.1, 0.15) is 12.8 Å². The van der Waals surface area contributed by atoms with Crippen LogP contribution < -0.4 is 5.32 Å². The summed E-state index contributed by atoms with van der Waals surface area (Å²) in [6.07, 6.45) is 6.35. The summed E-state index contributed by atoms with van der Waals surface area (Å²) in [5.41, 5.74) is 0. The number of hydrogen-bond acceptors (Lipinski definition) is 3. The van der Waals surface area contributed by atoms with Crippen LogP contribution in [0, 0.1) is 0 Å². The van der Waals surface area contributed by atoms with Crippen molar-refractivity contribution in [2.45, 2.75) is 18.9 Å². The third kappa shape index (κ3) is 4.14. The third-order valence-corrected chi connectivity index (χ3v) is 3.07. The van der Waals surface area contributed by atoms with Gasteiger partial charge in [0.25, 0.3) is 0 Å². The van der Waals surface area contributed by atoms with Crippen LogP contribution in [0.2, 0.25) is 0 Å². The topological polar surface area (TPSA) is 32.3 Å². The fourth-order valence-electron chi connectivity index (χ4n) is 1.29. The molecule has 0 aromatic heterocycles. The van der Waals surface area contributed by atoms with Crippen molar-refractivity contribution >= 4 is 11.8 Å². The summed E-state index contributed by atoms with van der Waals surface area (Å²) < 4.78 is 0. The number of nitrogens with one attached hydrogen (secondary N) is 1. The van der Waals surface area contributed by atoms with Crippen molar-refractivity contribution in [2.24, 2.45) is 0 Å². The van der Waals surface area contributed by atoms with Crippen molar-refractivity contribution in [1.82, 2.24) is 5.32 Å². The Labute approximate surface area is 78.4 Å². The van der Waals surface area contributed by atoms with E-state index in [4.69, 9.17) is 5.11 Å². The van der Waals surface area contributed by atoms with Crippen LogP contribution in [0.4, 0.5) is 0 Å². The molecule has 0 atom stereocenters. The molecule has 0 saturated carbocycles. The SMILES string of the molecule is OC/C=C/CNC1CCSCC1. The first-order valence-electron chi connectivity index (χ1n) is 4.50. The number of hydrogen-bond donors (Lipinski definition) is 2. The van der Waals surface area contributed by atoms with Gasteiger partial charge in [-0.1, -0.05) is 12.2 Å². The van der Waals surface area contributed by atoms with E-state index in [-0.39, 0.29) is 6.61 Å². The average Bonchev–Trinajstić information content (AvgIpc) is 2.14. The van der Waals surface area contributed by atoms with Crippen LogP contribution in [0.25, 0.3) is 0 Å². The van der Waals surface area contributed by atoms with Crippen LogP contribution in [0.15, 0.2) is 12.2 Å². The lowest BCUT2D eigenvalue weighted by atomic mass is 10.1. The fraction of sp³-hybridized carbons (Fsp3) is 0.778. The van der Waals surface area contributed by atoms with E-state index in [1.54, 1.807) is 6.08 Å². The molecule has 2 nitrogen and oxygen atoms in total. The Hall–Kier alpha value is 0.01000. The van der Waals surface area contributed by atoms with Gasteiger partial charge in [0.05, 0.1) is 6.61 Å². The molecule has 1 rings (SSSR count). The lowest BCUT2D eigenvalue weighted by Gasteiger charge is -2.21. The maximum atomic E-state index is 8.49. The van der Waals surface area contributed by atoms with Crippen molar-refractivity contribution < 1.29 is 5.11 Å². The quantitative estimate of drug-likeness (QED) is 0.645. The fourth-order valence-corrected chi connectivity index (χ4v) is 2.40. The molecule has 70 valence electrons. The standard InChI is InChI=1S/C9H17NOS/c11-6-2-1-5-10-9-3-7-12-8-4-9/h1-2,9-11H,3-8H2/b2-1+. The van der Waals surface area contributed by atoms with Gasteiger partial charge in [-0.3, -0.25) is 0 Å². The largest absolute Gasteiger partial charge is 0.392 e. The first kappa shape index (κ1) is 10.1. The Balaban J connectivity index is 2.01.